The molecule has 0 aliphatic carbocycles. The Morgan fingerprint density at radius 3 is 2.56 bits per heavy atom. The van der Waals surface area contributed by atoms with Gasteiger partial charge in [0.25, 0.3) is 0 Å². The smallest absolute Gasteiger partial charge is 0.129 e. The molecule has 0 N–H and O–H groups in total. The van der Waals surface area contributed by atoms with Crippen LogP contribution in [-0.4, -0.2) is 43.1 Å². The normalized spacial score (nSPS) is 17.3. The van der Waals surface area contributed by atoms with Crippen molar-refractivity contribution in [3.8, 4) is 0 Å². The summed E-state index contributed by atoms with van der Waals surface area (Å²) in [5, 5.41) is 1.23. The number of anilines is 1. The number of likely N-dealkylation sites (N-methyl/N-ethyl adjacent to an activating group) is 1. The second-order valence-corrected chi connectivity index (χ2v) is 5.16. The fourth-order valence-corrected chi connectivity index (χ4v) is 2.45. The van der Waals surface area contributed by atoms with Crippen LogP contribution in [0.15, 0.2) is 30.3 Å². The van der Waals surface area contributed by atoms with Gasteiger partial charge in [0.15, 0.2) is 0 Å². The summed E-state index contributed by atoms with van der Waals surface area (Å²) in [5.74, 6) is 1.11. The Hall–Kier alpha value is -1.61. The highest BCUT2D eigenvalue weighted by Crippen LogP contribution is 2.20. The summed E-state index contributed by atoms with van der Waals surface area (Å²) in [5.41, 5.74) is 2.38. The molecule has 1 aromatic carbocycles. The molecule has 0 bridgehead atoms. The summed E-state index contributed by atoms with van der Waals surface area (Å²) < 4.78 is 0. The van der Waals surface area contributed by atoms with E-state index in [1.165, 1.54) is 10.9 Å². The van der Waals surface area contributed by atoms with Gasteiger partial charge in [0, 0.05) is 31.6 Å². The molecular weight excluding hydrogens is 222 g/mol. The predicted molar refractivity (Wildman–Crippen MR) is 76.2 cm³/mol. The molecule has 1 aromatic heterocycles. The Labute approximate surface area is 108 Å². The van der Waals surface area contributed by atoms with E-state index in [1.807, 2.05) is 0 Å². The third-order valence-corrected chi connectivity index (χ3v) is 3.66. The lowest BCUT2D eigenvalue weighted by Gasteiger charge is -2.33. The van der Waals surface area contributed by atoms with Crippen LogP contribution in [0.4, 0.5) is 5.82 Å². The van der Waals surface area contributed by atoms with E-state index in [-0.39, 0.29) is 0 Å². The van der Waals surface area contributed by atoms with Crippen molar-refractivity contribution < 1.29 is 0 Å². The average Bonchev–Trinajstić information content (AvgIpc) is 2.39. The van der Waals surface area contributed by atoms with Crippen LogP contribution in [0, 0.1) is 6.92 Å². The summed E-state index contributed by atoms with van der Waals surface area (Å²) in [6.07, 6.45) is 0. The molecular formula is C15H19N3. The van der Waals surface area contributed by atoms with E-state index >= 15 is 0 Å². The third kappa shape index (κ3) is 2.18. The average molecular weight is 241 g/mol. The highest BCUT2D eigenvalue weighted by Gasteiger charge is 2.15. The lowest BCUT2D eigenvalue weighted by Crippen LogP contribution is -2.44. The first-order chi connectivity index (χ1) is 8.72. The van der Waals surface area contributed by atoms with Gasteiger partial charge in [0.05, 0.1) is 5.52 Å². The molecule has 1 aliphatic heterocycles. The number of hydrogen-bond donors (Lipinski definition) is 0. The largest absolute Gasteiger partial charge is 0.354 e. The lowest BCUT2D eigenvalue weighted by atomic mass is 10.1. The number of hydrogen-bond acceptors (Lipinski definition) is 3. The van der Waals surface area contributed by atoms with E-state index in [0.29, 0.717) is 0 Å². The van der Waals surface area contributed by atoms with Gasteiger partial charge in [-0.05, 0) is 38.2 Å². The Bertz CT molecular complexity index is 557. The zero-order chi connectivity index (χ0) is 12.5. The van der Waals surface area contributed by atoms with Gasteiger partial charge in [-0.25, -0.2) is 4.98 Å². The van der Waals surface area contributed by atoms with Crippen LogP contribution in [0.2, 0.25) is 0 Å². The van der Waals surface area contributed by atoms with E-state index in [4.69, 9.17) is 4.98 Å². The van der Waals surface area contributed by atoms with Crippen LogP contribution in [0.3, 0.4) is 0 Å². The van der Waals surface area contributed by atoms with E-state index in [0.717, 1.165) is 37.5 Å². The van der Waals surface area contributed by atoms with Crippen molar-refractivity contribution >= 4 is 16.7 Å². The predicted octanol–water partition coefficient (Wildman–Crippen LogP) is 2.30. The Kier molecular flexibility index (Phi) is 2.92. The van der Waals surface area contributed by atoms with Crippen molar-refractivity contribution in [2.24, 2.45) is 0 Å². The number of rotatable bonds is 1. The zero-order valence-electron chi connectivity index (χ0n) is 11.1. The van der Waals surface area contributed by atoms with Crippen molar-refractivity contribution in [3.05, 3.63) is 35.9 Å². The molecule has 3 nitrogen and oxygen atoms in total. The summed E-state index contributed by atoms with van der Waals surface area (Å²) >= 11 is 0. The molecule has 3 heteroatoms. The van der Waals surface area contributed by atoms with Crippen LogP contribution in [-0.2, 0) is 0 Å². The van der Waals surface area contributed by atoms with Gasteiger partial charge >= 0.3 is 0 Å². The van der Waals surface area contributed by atoms with Crippen molar-refractivity contribution in [2.45, 2.75) is 6.92 Å². The number of nitrogens with zero attached hydrogens (tertiary/aromatic N) is 3. The maximum absolute atomic E-state index is 4.77. The Morgan fingerprint density at radius 1 is 1.00 bits per heavy atom. The number of pyridine rings is 1. The quantitative estimate of drug-likeness (QED) is 0.763. The fraction of sp³-hybridized carbons (Fsp3) is 0.400. The monoisotopic (exact) mass is 241 g/mol. The number of aromatic nitrogens is 1. The first kappa shape index (κ1) is 11.5. The summed E-state index contributed by atoms with van der Waals surface area (Å²) in [6.45, 7) is 6.50. The summed E-state index contributed by atoms with van der Waals surface area (Å²) in [7, 11) is 2.17. The number of piperazine rings is 1. The Balaban J connectivity index is 1.91. The summed E-state index contributed by atoms with van der Waals surface area (Å²) in [4.78, 5) is 9.51. The maximum atomic E-state index is 4.77. The van der Waals surface area contributed by atoms with Gasteiger partial charge in [-0.15, -0.1) is 0 Å². The molecule has 0 atom stereocenters. The third-order valence-electron chi connectivity index (χ3n) is 3.66. The molecule has 3 rings (SSSR count). The van der Waals surface area contributed by atoms with Gasteiger partial charge in [0.2, 0.25) is 0 Å². The highest BCUT2D eigenvalue weighted by atomic mass is 15.3. The molecule has 0 saturated carbocycles. The molecule has 0 unspecified atom stereocenters. The van der Waals surface area contributed by atoms with E-state index in [1.54, 1.807) is 0 Å². The van der Waals surface area contributed by atoms with Crippen LogP contribution in [0.5, 0.6) is 0 Å². The first-order valence-corrected chi connectivity index (χ1v) is 6.53. The molecule has 18 heavy (non-hydrogen) atoms. The standard InChI is InChI=1S/C15H19N3/c1-12-3-5-14-13(11-12)4-6-15(16-14)18-9-7-17(2)8-10-18/h3-6,11H,7-10H2,1-2H3. The number of fused-ring (bicyclic) bond motifs is 1. The molecule has 1 fully saturated rings. The first-order valence-electron chi connectivity index (χ1n) is 6.53. The van der Waals surface area contributed by atoms with Crippen LogP contribution in [0.25, 0.3) is 10.9 Å². The highest BCUT2D eigenvalue weighted by molar-refractivity contribution is 5.81. The second kappa shape index (κ2) is 4.58. The van der Waals surface area contributed by atoms with Gasteiger partial charge in [-0.3, -0.25) is 0 Å². The molecule has 0 amide bonds. The molecule has 1 aliphatic rings. The molecule has 0 spiro atoms. The minimum Gasteiger partial charge on any atom is -0.354 e. The van der Waals surface area contributed by atoms with Crippen molar-refractivity contribution in [1.82, 2.24) is 9.88 Å². The number of aryl methyl sites for hydroxylation is 1. The van der Waals surface area contributed by atoms with E-state index in [9.17, 15) is 0 Å². The van der Waals surface area contributed by atoms with Crippen molar-refractivity contribution in [1.29, 1.82) is 0 Å². The maximum Gasteiger partial charge on any atom is 0.129 e. The number of benzene rings is 1. The Morgan fingerprint density at radius 2 is 1.78 bits per heavy atom. The molecule has 2 heterocycles. The van der Waals surface area contributed by atoms with Gasteiger partial charge < -0.3 is 9.80 Å². The van der Waals surface area contributed by atoms with Crippen molar-refractivity contribution in [3.63, 3.8) is 0 Å². The zero-order valence-corrected chi connectivity index (χ0v) is 11.1. The van der Waals surface area contributed by atoms with Gasteiger partial charge in [-0.1, -0.05) is 11.6 Å². The van der Waals surface area contributed by atoms with Crippen LogP contribution in [0.1, 0.15) is 5.56 Å². The van der Waals surface area contributed by atoms with Crippen molar-refractivity contribution in [2.75, 3.05) is 38.1 Å². The summed E-state index contributed by atoms with van der Waals surface area (Å²) in [6, 6.07) is 10.8. The minimum absolute atomic E-state index is 1.07. The van der Waals surface area contributed by atoms with Gasteiger partial charge in [0.1, 0.15) is 5.82 Å². The lowest BCUT2D eigenvalue weighted by molar-refractivity contribution is 0.312. The molecule has 0 radical (unpaired) electrons. The fourth-order valence-electron chi connectivity index (χ4n) is 2.45. The van der Waals surface area contributed by atoms with Gasteiger partial charge in [-0.2, -0.15) is 0 Å². The molecule has 2 aromatic rings. The molecule has 1 saturated heterocycles. The van der Waals surface area contributed by atoms with Crippen LogP contribution < -0.4 is 4.90 Å². The van der Waals surface area contributed by atoms with E-state index < -0.39 is 0 Å². The molecule has 94 valence electrons. The minimum atomic E-state index is 1.07. The topological polar surface area (TPSA) is 19.4 Å². The van der Waals surface area contributed by atoms with Crippen LogP contribution >= 0.6 is 0 Å². The van der Waals surface area contributed by atoms with E-state index in [2.05, 4.69) is 54.1 Å². The second-order valence-electron chi connectivity index (χ2n) is 5.16. The SMILES string of the molecule is Cc1ccc2nc(N3CCN(C)CC3)ccc2c1.